The van der Waals surface area contributed by atoms with Crippen molar-refractivity contribution in [3.63, 3.8) is 0 Å². The second-order valence-corrected chi connectivity index (χ2v) is 8.47. The molecule has 3 rings (SSSR count). The number of nitrogens with one attached hydrogen (secondary N) is 1. The van der Waals surface area contributed by atoms with E-state index in [2.05, 4.69) is 10.1 Å². The SMILES string of the molecule is CN(C)Cc1cnn2c(C3CCN(C(=O)OC(C)(C)C)CC3)cc(=O)[nH]c12. The van der Waals surface area contributed by atoms with Gasteiger partial charge in [-0.1, -0.05) is 0 Å². The van der Waals surface area contributed by atoms with Crippen LogP contribution in [0.5, 0.6) is 0 Å². The Morgan fingerprint density at radius 3 is 2.59 bits per heavy atom. The number of rotatable bonds is 3. The summed E-state index contributed by atoms with van der Waals surface area (Å²) in [5, 5.41) is 4.51. The van der Waals surface area contributed by atoms with Gasteiger partial charge in [0.15, 0.2) is 0 Å². The van der Waals surface area contributed by atoms with Crippen molar-refractivity contribution >= 4 is 11.7 Å². The molecule has 0 bridgehead atoms. The van der Waals surface area contributed by atoms with Crippen molar-refractivity contribution in [2.75, 3.05) is 27.2 Å². The molecule has 0 saturated carbocycles. The molecule has 2 aromatic heterocycles. The monoisotopic (exact) mass is 375 g/mol. The lowest BCUT2D eigenvalue weighted by molar-refractivity contribution is 0.0203. The topological polar surface area (TPSA) is 82.9 Å². The van der Waals surface area contributed by atoms with Crippen LogP contribution in [0.3, 0.4) is 0 Å². The highest BCUT2D eigenvalue weighted by atomic mass is 16.6. The van der Waals surface area contributed by atoms with Crippen LogP contribution in [0.4, 0.5) is 4.79 Å². The average Bonchev–Trinajstić information content (AvgIpc) is 2.95. The van der Waals surface area contributed by atoms with E-state index in [0.29, 0.717) is 19.6 Å². The molecule has 0 spiro atoms. The molecule has 0 unspecified atom stereocenters. The molecule has 1 aliphatic heterocycles. The molecule has 148 valence electrons. The minimum atomic E-state index is -0.495. The first-order valence-corrected chi connectivity index (χ1v) is 9.36. The highest BCUT2D eigenvalue weighted by Crippen LogP contribution is 2.28. The van der Waals surface area contributed by atoms with Gasteiger partial charge >= 0.3 is 6.09 Å². The largest absolute Gasteiger partial charge is 0.444 e. The summed E-state index contributed by atoms with van der Waals surface area (Å²) in [5.74, 6) is 0.181. The molecule has 0 aromatic carbocycles. The second kappa shape index (κ2) is 7.34. The summed E-state index contributed by atoms with van der Waals surface area (Å²) < 4.78 is 7.30. The number of likely N-dealkylation sites (tertiary alicyclic amines) is 1. The normalized spacial score (nSPS) is 16.3. The molecule has 1 N–H and O–H groups in total. The van der Waals surface area contributed by atoms with Crippen molar-refractivity contribution < 1.29 is 9.53 Å². The van der Waals surface area contributed by atoms with Crippen molar-refractivity contribution in [1.29, 1.82) is 0 Å². The number of nitrogens with zero attached hydrogens (tertiary/aromatic N) is 4. The van der Waals surface area contributed by atoms with Crippen LogP contribution in [0.15, 0.2) is 17.1 Å². The summed E-state index contributed by atoms with van der Waals surface area (Å²) >= 11 is 0. The summed E-state index contributed by atoms with van der Waals surface area (Å²) in [5.41, 5.74) is 2.03. The molecule has 27 heavy (non-hydrogen) atoms. The number of hydrogen-bond acceptors (Lipinski definition) is 5. The number of carbonyl (C=O) groups excluding carboxylic acids is 1. The van der Waals surface area contributed by atoms with E-state index in [1.165, 1.54) is 0 Å². The maximum atomic E-state index is 12.3. The maximum absolute atomic E-state index is 12.3. The number of fused-ring (bicyclic) bond motifs is 1. The number of aromatic amines is 1. The van der Waals surface area contributed by atoms with Gasteiger partial charge in [0.05, 0.1) is 11.9 Å². The van der Waals surface area contributed by atoms with Crippen LogP contribution in [0.2, 0.25) is 0 Å². The molecule has 3 heterocycles. The van der Waals surface area contributed by atoms with Gasteiger partial charge in [0.25, 0.3) is 5.56 Å². The van der Waals surface area contributed by atoms with E-state index in [0.717, 1.165) is 29.7 Å². The van der Waals surface area contributed by atoms with Gasteiger partial charge in [0.2, 0.25) is 0 Å². The summed E-state index contributed by atoms with van der Waals surface area (Å²) in [6.45, 7) is 7.54. The zero-order chi connectivity index (χ0) is 19.8. The number of carbonyl (C=O) groups is 1. The van der Waals surface area contributed by atoms with Gasteiger partial charge in [-0.2, -0.15) is 5.10 Å². The van der Waals surface area contributed by atoms with E-state index < -0.39 is 5.60 Å². The van der Waals surface area contributed by atoms with Crippen molar-refractivity contribution in [2.24, 2.45) is 0 Å². The summed E-state index contributed by atoms with van der Waals surface area (Å²) in [4.78, 5) is 31.2. The van der Waals surface area contributed by atoms with E-state index in [1.807, 2.05) is 50.5 Å². The molecule has 1 saturated heterocycles. The van der Waals surface area contributed by atoms with E-state index >= 15 is 0 Å². The Kier molecular flexibility index (Phi) is 5.28. The number of piperidine rings is 1. The van der Waals surface area contributed by atoms with E-state index in [1.54, 1.807) is 11.0 Å². The third-order valence-electron chi connectivity index (χ3n) is 4.66. The van der Waals surface area contributed by atoms with E-state index in [4.69, 9.17) is 4.74 Å². The van der Waals surface area contributed by atoms with Crippen molar-refractivity contribution in [3.05, 3.63) is 33.9 Å². The minimum absolute atomic E-state index is 0.118. The molecule has 1 amide bonds. The zero-order valence-corrected chi connectivity index (χ0v) is 16.8. The van der Waals surface area contributed by atoms with E-state index in [9.17, 15) is 9.59 Å². The Morgan fingerprint density at radius 2 is 2.00 bits per heavy atom. The fourth-order valence-corrected chi connectivity index (χ4v) is 3.49. The summed E-state index contributed by atoms with van der Waals surface area (Å²) in [6, 6.07) is 1.63. The lowest BCUT2D eigenvalue weighted by Crippen LogP contribution is -2.41. The fraction of sp³-hybridized carbons (Fsp3) is 0.632. The Labute approximate surface area is 159 Å². The smallest absolute Gasteiger partial charge is 0.410 e. The third-order valence-corrected chi connectivity index (χ3v) is 4.66. The third kappa shape index (κ3) is 4.50. The number of amides is 1. The molecule has 0 aliphatic carbocycles. The van der Waals surface area contributed by atoms with Crippen molar-refractivity contribution in [1.82, 2.24) is 24.4 Å². The first kappa shape index (κ1) is 19.4. The van der Waals surface area contributed by atoms with Gasteiger partial charge in [-0.3, -0.25) is 4.79 Å². The number of aromatic nitrogens is 3. The first-order chi connectivity index (χ1) is 12.6. The Morgan fingerprint density at radius 1 is 1.33 bits per heavy atom. The van der Waals surface area contributed by atoms with Gasteiger partial charge in [-0.15, -0.1) is 0 Å². The molecule has 2 aromatic rings. The number of H-pyrrole nitrogens is 1. The van der Waals surface area contributed by atoms with Gasteiger partial charge in [0, 0.05) is 37.2 Å². The molecular formula is C19H29N5O3. The maximum Gasteiger partial charge on any atom is 0.410 e. The molecular weight excluding hydrogens is 346 g/mol. The molecule has 0 atom stereocenters. The lowest BCUT2D eigenvalue weighted by Gasteiger charge is -2.33. The molecule has 8 nitrogen and oxygen atoms in total. The first-order valence-electron chi connectivity index (χ1n) is 9.36. The Hall–Kier alpha value is -2.35. The zero-order valence-electron chi connectivity index (χ0n) is 16.8. The van der Waals surface area contributed by atoms with Gasteiger partial charge in [0.1, 0.15) is 11.2 Å². The predicted molar refractivity (Wildman–Crippen MR) is 103 cm³/mol. The number of ether oxygens (including phenoxy) is 1. The molecule has 8 heteroatoms. The fourth-order valence-electron chi connectivity index (χ4n) is 3.49. The molecule has 1 aliphatic rings. The van der Waals surface area contributed by atoms with Gasteiger partial charge < -0.3 is 19.5 Å². The predicted octanol–water partition coefficient (Wildman–Crippen LogP) is 2.20. The highest BCUT2D eigenvalue weighted by molar-refractivity contribution is 5.68. The van der Waals surface area contributed by atoms with Crippen LogP contribution in [-0.2, 0) is 11.3 Å². The van der Waals surface area contributed by atoms with E-state index in [-0.39, 0.29) is 17.6 Å². The summed E-state index contributed by atoms with van der Waals surface area (Å²) in [7, 11) is 3.97. The van der Waals surface area contributed by atoms with Crippen LogP contribution in [0, 0.1) is 0 Å². The van der Waals surface area contributed by atoms with Crippen molar-refractivity contribution in [3.8, 4) is 0 Å². The van der Waals surface area contributed by atoms with Gasteiger partial charge in [-0.05, 0) is 47.7 Å². The Balaban J connectivity index is 1.78. The molecule has 0 radical (unpaired) electrons. The number of hydrogen-bond donors (Lipinski definition) is 1. The van der Waals surface area contributed by atoms with Crippen LogP contribution < -0.4 is 5.56 Å². The standard InChI is InChI=1S/C19H29N5O3/c1-19(2,3)27-18(26)23-8-6-13(7-9-23)15-10-16(25)21-17-14(12-22(4)5)11-20-24(15)17/h10-11,13H,6-9,12H2,1-5H3,(H,21,25). The van der Waals surface area contributed by atoms with Crippen LogP contribution in [0.1, 0.15) is 50.8 Å². The van der Waals surface area contributed by atoms with Gasteiger partial charge in [-0.25, -0.2) is 9.31 Å². The van der Waals surface area contributed by atoms with Crippen LogP contribution >= 0.6 is 0 Å². The molecule has 1 fully saturated rings. The highest BCUT2D eigenvalue weighted by Gasteiger charge is 2.29. The Bertz CT molecular complexity index is 870. The quantitative estimate of drug-likeness (QED) is 0.889. The summed E-state index contributed by atoms with van der Waals surface area (Å²) in [6.07, 6.45) is 3.09. The minimum Gasteiger partial charge on any atom is -0.444 e. The lowest BCUT2D eigenvalue weighted by atomic mass is 9.93. The van der Waals surface area contributed by atoms with Crippen LogP contribution in [-0.4, -0.2) is 63.3 Å². The van der Waals surface area contributed by atoms with Crippen molar-refractivity contribution in [2.45, 2.75) is 51.7 Å². The average molecular weight is 375 g/mol. The van der Waals surface area contributed by atoms with Crippen LogP contribution in [0.25, 0.3) is 5.65 Å². The second-order valence-electron chi connectivity index (χ2n) is 8.47.